The number of nitrogens with zero attached hydrogens (tertiary/aromatic N) is 1. The Labute approximate surface area is 172 Å². The van der Waals surface area contributed by atoms with E-state index in [0.717, 1.165) is 36.8 Å². The van der Waals surface area contributed by atoms with E-state index in [0.29, 0.717) is 5.56 Å². The summed E-state index contributed by atoms with van der Waals surface area (Å²) in [6, 6.07) is 31.8. The zero-order valence-corrected chi connectivity index (χ0v) is 16.3. The first kappa shape index (κ1) is 19.0. The first-order chi connectivity index (χ1) is 14.2. The van der Waals surface area contributed by atoms with Crippen molar-refractivity contribution in [3.8, 4) is 6.07 Å². The molecule has 1 saturated carbocycles. The van der Waals surface area contributed by atoms with E-state index in [9.17, 15) is 10.1 Å². The van der Waals surface area contributed by atoms with Crippen LogP contribution in [0, 0.1) is 16.7 Å². The SMILES string of the molecule is N#CC1(C(NC(=O)c2ccccc2)(c2ccccc2)c2ccccc2)CCCC1. The minimum Gasteiger partial charge on any atom is -0.337 e. The molecular formula is C26H24N2O. The van der Waals surface area contributed by atoms with E-state index in [4.69, 9.17) is 0 Å². The third-order valence-corrected chi connectivity index (χ3v) is 6.14. The van der Waals surface area contributed by atoms with Crippen molar-refractivity contribution in [1.29, 1.82) is 5.26 Å². The first-order valence-corrected chi connectivity index (χ1v) is 10.1. The average molecular weight is 380 g/mol. The summed E-state index contributed by atoms with van der Waals surface area (Å²) in [6.07, 6.45) is 3.47. The van der Waals surface area contributed by atoms with E-state index < -0.39 is 11.0 Å². The van der Waals surface area contributed by atoms with Crippen LogP contribution in [0.2, 0.25) is 0 Å². The summed E-state index contributed by atoms with van der Waals surface area (Å²) in [5.74, 6) is -0.167. The Hall–Kier alpha value is -3.38. The van der Waals surface area contributed by atoms with Gasteiger partial charge in [-0.15, -0.1) is 0 Å². The van der Waals surface area contributed by atoms with E-state index in [-0.39, 0.29) is 5.91 Å². The van der Waals surface area contributed by atoms with Gasteiger partial charge in [-0.05, 0) is 36.1 Å². The molecule has 0 heterocycles. The van der Waals surface area contributed by atoms with Gasteiger partial charge in [0.1, 0.15) is 5.54 Å². The topological polar surface area (TPSA) is 52.9 Å². The second-order valence-electron chi connectivity index (χ2n) is 7.70. The first-order valence-electron chi connectivity index (χ1n) is 10.1. The lowest BCUT2D eigenvalue weighted by Gasteiger charge is -2.46. The fraction of sp³-hybridized carbons (Fsp3) is 0.231. The van der Waals surface area contributed by atoms with Crippen molar-refractivity contribution in [3.63, 3.8) is 0 Å². The number of carbonyl (C=O) groups is 1. The molecule has 144 valence electrons. The van der Waals surface area contributed by atoms with Crippen LogP contribution in [0.5, 0.6) is 0 Å². The van der Waals surface area contributed by atoms with Gasteiger partial charge in [0.15, 0.2) is 0 Å². The van der Waals surface area contributed by atoms with Gasteiger partial charge in [-0.2, -0.15) is 5.26 Å². The van der Waals surface area contributed by atoms with Crippen LogP contribution in [-0.2, 0) is 5.54 Å². The quantitative estimate of drug-likeness (QED) is 0.640. The van der Waals surface area contributed by atoms with Gasteiger partial charge < -0.3 is 5.32 Å². The van der Waals surface area contributed by atoms with Gasteiger partial charge in [-0.3, -0.25) is 4.79 Å². The Morgan fingerprint density at radius 1 is 0.793 bits per heavy atom. The largest absolute Gasteiger partial charge is 0.337 e. The van der Waals surface area contributed by atoms with E-state index >= 15 is 0 Å². The monoisotopic (exact) mass is 380 g/mol. The third kappa shape index (κ3) is 3.21. The normalized spacial score (nSPS) is 15.4. The zero-order valence-electron chi connectivity index (χ0n) is 16.3. The van der Waals surface area contributed by atoms with Crippen LogP contribution in [0.3, 0.4) is 0 Å². The van der Waals surface area contributed by atoms with Gasteiger partial charge in [0.2, 0.25) is 0 Å². The molecule has 0 unspecified atom stereocenters. The number of hydrogen-bond acceptors (Lipinski definition) is 2. The van der Waals surface area contributed by atoms with Crippen molar-refractivity contribution in [2.45, 2.75) is 31.2 Å². The highest BCUT2D eigenvalue weighted by Crippen LogP contribution is 2.54. The lowest BCUT2D eigenvalue weighted by molar-refractivity contribution is 0.0836. The molecule has 29 heavy (non-hydrogen) atoms. The minimum absolute atomic E-state index is 0.167. The van der Waals surface area contributed by atoms with Crippen LogP contribution in [0.15, 0.2) is 91.0 Å². The molecule has 3 aromatic carbocycles. The predicted molar refractivity (Wildman–Crippen MR) is 114 cm³/mol. The van der Waals surface area contributed by atoms with Crippen LogP contribution in [0.4, 0.5) is 0 Å². The van der Waals surface area contributed by atoms with Crippen molar-refractivity contribution >= 4 is 5.91 Å². The van der Waals surface area contributed by atoms with Crippen molar-refractivity contribution in [2.24, 2.45) is 5.41 Å². The minimum atomic E-state index is -0.923. The fourth-order valence-corrected chi connectivity index (χ4v) is 4.74. The Balaban J connectivity index is 1.96. The Morgan fingerprint density at radius 3 is 1.69 bits per heavy atom. The summed E-state index contributed by atoms with van der Waals surface area (Å²) in [6.45, 7) is 0. The summed E-state index contributed by atoms with van der Waals surface area (Å²) in [5.41, 5.74) is 0.848. The number of hydrogen-bond donors (Lipinski definition) is 1. The molecule has 0 spiro atoms. The Morgan fingerprint density at radius 2 is 1.24 bits per heavy atom. The molecule has 0 saturated heterocycles. The number of benzene rings is 3. The average Bonchev–Trinajstić information content (AvgIpc) is 3.30. The molecule has 3 aromatic rings. The molecule has 0 aromatic heterocycles. The van der Waals surface area contributed by atoms with E-state index in [1.807, 2.05) is 91.0 Å². The van der Waals surface area contributed by atoms with E-state index in [1.165, 1.54) is 0 Å². The van der Waals surface area contributed by atoms with Crippen molar-refractivity contribution in [3.05, 3.63) is 108 Å². The molecule has 1 fully saturated rings. The van der Waals surface area contributed by atoms with Gasteiger partial charge in [0.05, 0.1) is 11.5 Å². The Bertz CT molecular complexity index is 961. The summed E-state index contributed by atoms with van der Waals surface area (Å²) in [5, 5.41) is 13.8. The fourth-order valence-electron chi connectivity index (χ4n) is 4.74. The van der Waals surface area contributed by atoms with E-state index in [2.05, 4.69) is 11.4 Å². The maximum Gasteiger partial charge on any atom is 0.252 e. The molecule has 0 atom stereocenters. The van der Waals surface area contributed by atoms with Gasteiger partial charge in [0.25, 0.3) is 5.91 Å². The van der Waals surface area contributed by atoms with Crippen molar-refractivity contribution < 1.29 is 4.79 Å². The zero-order chi connectivity index (χ0) is 20.2. The lowest BCUT2D eigenvalue weighted by atomic mass is 9.62. The number of rotatable bonds is 5. The lowest BCUT2D eigenvalue weighted by Crippen LogP contribution is -2.57. The summed E-state index contributed by atoms with van der Waals surface area (Å²) in [7, 11) is 0. The van der Waals surface area contributed by atoms with Gasteiger partial charge in [-0.1, -0.05) is 91.7 Å². The number of amides is 1. The highest BCUT2D eigenvalue weighted by molar-refractivity contribution is 5.95. The number of nitrogens with one attached hydrogen (secondary N) is 1. The van der Waals surface area contributed by atoms with Crippen LogP contribution in [0.1, 0.15) is 47.2 Å². The van der Waals surface area contributed by atoms with Crippen LogP contribution in [0.25, 0.3) is 0 Å². The standard InChI is InChI=1S/C26H24N2O/c27-20-25(18-10-11-19-25)26(22-14-6-2-7-15-22,23-16-8-3-9-17-23)28-24(29)21-12-4-1-5-13-21/h1-9,12-17H,10-11,18-19H2,(H,28,29). The smallest absolute Gasteiger partial charge is 0.252 e. The second-order valence-corrected chi connectivity index (χ2v) is 7.70. The molecule has 1 aliphatic rings. The summed E-state index contributed by atoms with van der Waals surface area (Å²) in [4.78, 5) is 13.4. The van der Waals surface area contributed by atoms with Gasteiger partial charge >= 0.3 is 0 Å². The number of carbonyl (C=O) groups excluding carboxylic acids is 1. The highest BCUT2D eigenvalue weighted by atomic mass is 16.1. The highest BCUT2D eigenvalue weighted by Gasteiger charge is 2.56. The molecule has 1 amide bonds. The third-order valence-electron chi connectivity index (χ3n) is 6.14. The maximum atomic E-state index is 13.4. The molecule has 1 N–H and O–H groups in total. The van der Waals surface area contributed by atoms with Crippen LogP contribution >= 0.6 is 0 Å². The molecule has 3 heteroatoms. The van der Waals surface area contributed by atoms with Crippen LogP contribution in [-0.4, -0.2) is 5.91 Å². The maximum absolute atomic E-state index is 13.4. The number of nitriles is 1. The molecule has 3 nitrogen and oxygen atoms in total. The van der Waals surface area contributed by atoms with Crippen molar-refractivity contribution in [2.75, 3.05) is 0 Å². The van der Waals surface area contributed by atoms with Crippen molar-refractivity contribution in [1.82, 2.24) is 5.32 Å². The van der Waals surface area contributed by atoms with Gasteiger partial charge in [0, 0.05) is 5.56 Å². The molecule has 0 aliphatic heterocycles. The molecule has 0 bridgehead atoms. The summed E-state index contributed by atoms with van der Waals surface area (Å²) < 4.78 is 0. The van der Waals surface area contributed by atoms with Crippen LogP contribution < -0.4 is 5.32 Å². The molecule has 0 radical (unpaired) electrons. The molecule has 1 aliphatic carbocycles. The van der Waals surface area contributed by atoms with Gasteiger partial charge in [-0.25, -0.2) is 0 Å². The van der Waals surface area contributed by atoms with E-state index in [1.54, 1.807) is 0 Å². The summed E-state index contributed by atoms with van der Waals surface area (Å²) >= 11 is 0. The molecular weight excluding hydrogens is 356 g/mol. The predicted octanol–water partition coefficient (Wildman–Crippen LogP) is 5.44. The molecule has 4 rings (SSSR count). The Kier molecular flexibility index (Phi) is 5.18. The second kappa shape index (κ2) is 7.93.